The molecule has 0 aromatic rings. The molecule has 0 saturated heterocycles. The Morgan fingerprint density at radius 3 is 1.64 bits per heavy atom. The van der Waals surface area contributed by atoms with Crippen molar-refractivity contribution in [1.29, 1.82) is 0 Å². The summed E-state index contributed by atoms with van der Waals surface area (Å²) in [5.74, 6) is -1.04. The molecule has 0 heterocycles. The summed E-state index contributed by atoms with van der Waals surface area (Å²) in [6.07, 6.45) is 0. The van der Waals surface area contributed by atoms with E-state index in [0.717, 1.165) is 0 Å². The van der Waals surface area contributed by atoms with Crippen LogP contribution >= 0.6 is 0 Å². The maximum atomic E-state index is 11.6. The molecule has 2 nitrogen and oxygen atoms in total. The first kappa shape index (κ1) is 8.95. The van der Waals surface area contributed by atoms with Crippen molar-refractivity contribution in [1.82, 2.24) is 0 Å². The molecule has 0 aliphatic rings. The molecule has 0 aromatic carbocycles. The minimum atomic E-state index is -2.66. The predicted molar refractivity (Wildman–Crippen MR) is 62.8 cm³/mol. The summed E-state index contributed by atoms with van der Waals surface area (Å²) >= 11 is 0. The average molecular weight is 219 g/mol. The standard InChI is InChI=1S/C11H24O2Si/c1-8(2)14(9(3)4,10(5)6)13-11(7)12/h8-10H,1-7H3/i7D3. The fourth-order valence-corrected chi connectivity index (χ4v) is 7.54. The van der Waals surface area contributed by atoms with Gasteiger partial charge in [0, 0.05) is 11.0 Å². The van der Waals surface area contributed by atoms with Gasteiger partial charge in [0.1, 0.15) is 0 Å². The largest absolute Gasteiger partial charge is 0.518 e. The van der Waals surface area contributed by atoms with Crippen molar-refractivity contribution in [3.8, 4) is 0 Å². The van der Waals surface area contributed by atoms with E-state index in [-0.39, 0.29) is 16.6 Å². The second-order valence-corrected chi connectivity index (χ2v) is 10.1. The number of carbonyl (C=O) groups is 1. The number of carbonyl (C=O) groups excluding carboxylic acids is 1. The maximum absolute atomic E-state index is 11.6. The van der Waals surface area contributed by atoms with Crippen molar-refractivity contribution in [2.24, 2.45) is 0 Å². The summed E-state index contributed by atoms with van der Waals surface area (Å²) in [5.41, 5.74) is 0.608. The Labute approximate surface area is 93.4 Å². The summed E-state index contributed by atoms with van der Waals surface area (Å²) in [6, 6.07) is 0. The fourth-order valence-electron chi connectivity index (χ4n) is 2.51. The second kappa shape index (κ2) is 4.96. The van der Waals surface area contributed by atoms with E-state index in [1.807, 2.05) is 41.5 Å². The lowest BCUT2D eigenvalue weighted by Gasteiger charge is -2.40. The first-order valence-corrected chi connectivity index (χ1v) is 7.33. The molecule has 0 fully saturated rings. The van der Waals surface area contributed by atoms with Crippen LogP contribution in [0, 0.1) is 0 Å². The van der Waals surface area contributed by atoms with Gasteiger partial charge in [-0.25, -0.2) is 0 Å². The number of rotatable bonds is 4. The molecule has 0 aliphatic heterocycles. The monoisotopic (exact) mass is 219 g/mol. The summed E-state index contributed by atoms with van der Waals surface area (Å²) in [6.45, 7) is 9.42. The molecule has 14 heavy (non-hydrogen) atoms. The molecule has 0 aromatic heterocycles. The van der Waals surface area contributed by atoms with Gasteiger partial charge in [-0.05, 0) is 16.6 Å². The van der Waals surface area contributed by atoms with Gasteiger partial charge < -0.3 is 4.43 Å². The van der Waals surface area contributed by atoms with Crippen molar-refractivity contribution in [3.05, 3.63) is 0 Å². The summed E-state index contributed by atoms with van der Waals surface area (Å²) < 4.78 is 26.9. The molecule has 84 valence electrons. The Morgan fingerprint density at radius 1 is 1.07 bits per heavy atom. The normalized spacial score (nSPS) is 16.8. The average Bonchev–Trinajstić information content (AvgIpc) is 2.09. The predicted octanol–water partition coefficient (Wildman–Crippen LogP) is 3.73. The van der Waals surface area contributed by atoms with Crippen LogP contribution in [-0.2, 0) is 9.22 Å². The van der Waals surface area contributed by atoms with Crippen molar-refractivity contribution < 1.29 is 13.3 Å². The van der Waals surface area contributed by atoms with Crippen LogP contribution in [0.15, 0.2) is 0 Å². The van der Waals surface area contributed by atoms with Crippen molar-refractivity contribution in [2.45, 2.75) is 65.0 Å². The molecule has 0 bridgehead atoms. The van der Waals surface area contributed by atoms with E-state index >= 15 is 0 Å². The van der Waals surface area contributed by atoms with Crippen LogP contribution in [0.1, 0.15) is 52.5 Å². The van der Waals surface area contributed by atoms with Crippen molar-refractivity contribution in [2.75, 3.05) is 0 Å². The highest BCUT2D eigenvalue weighted by molar-refractivity contribution is 6.78. The highest BCUT2D eigenvalue weighted by Gasteiger charge is 2.47. The summed E-state index contributed by atoms with van der Waals surface area (Å²) in [5, 5.41) is 0. The van der Waals surface area contributed by atoms with Gasteiger partial charge >= 0.3 is 0 Å². The van der Waals surface area contributed by atoms with E-state index in [9.17, 15) is 4.79 Å². The third kappa shape index (κ3) is 2.59. The van der Waals surface area contributed by atoms with E-state index in [1.54, 1.807) is 0 Å². The van der Waals surface area contributed by atoms with Crippen LogP contribution in [-0.4, -0.2) is 14.3 Å². The second-order valence-electron chi connectivity index (χ2n) is 4.71. The first-order valence-electron chi connectivity index (χ1n) is 6.69. The van der Waals surface area contributed by atoms with Gasteiger partial charge in [-0.3, -0.25) is 4.79 Å². The smallest absolute Gasteiger partial charge is 0.289 e. The van der Waals surface area contributed by atoms with Crippen LogP contribution in [0.2, 0.25) is 16.6 Å². The molecule has 0 rings (SSSR count). The topological polar surface area (TPSA) is 26.3 Å². The Bertz CT molecular complexity index is 251. The van der Waals surface area contributed by atoms with Gasteiger partial charge in [0.05, 0.1) is 0 Å². The van der Waals surface area contributed by atoms with Crippen LogP contribution in [0.25, 0.3) is 0 Å². The zero-order chi connectivity index (χ0) is 14.0. The Hall–Kier alpha value is -0.313. The van der Waals surface area contributed by atoms with Crippen LogP contribution in [0.5, 0.6) is 0 Å². The van der Waals surface area contributed by atoms with Gasteiger partial charge in [-0.2, -0.15) is 0 Å². The van der Waals surface area contributed by atoms with Gasteiger partial charge in [0.2, 0.25) is 0 Å². The minimum absolute atomic E-state index is 0.203. The van der Waals surface area contributed by atoms with Gasteiger partial charge in [0.25, 0.3) is 14.3 Å². The lowest BCUT2D eigenvalue weighted by atomic mass is 10.5. The third-order valence-corrected chi connectivity index (χ3v) is 8.93. The number of hydrogen-bond donors (Lipinski definition) is 0. The van der Waals surface area contributed by atoms with Gasteiger partial charge in [-0.15, -0.1) is 0 Å². The van der Waals surface area contributed by atoms with Crippen LogP contribution < -0.4 is 0 Å². The molecule has 0 amide bonds. The first-order chi connectivity index (χ1) is 7.46. The lowest BCUT2D eigenvalue weighted by Crippen LogP contribution is -2.48. The van der Waals surface area contributed by atoms with E-state index < -0.39 is 21.1 Å². The molecule has 3 heteroatoms. The van der Waals surface area contributed by atoms with Crippen molar-refractivity contribution in [3.63, 3.8) is 0 Å². The van der Waals surface area contributed by atoms with E-state index in [1.165, 1.54) is 0 Å². The molecule has 0 unspecified atom stereocenters. The zero-order valence-electron chi connectivity index (χ0n) is 13.0. The fraction of sp³-hybridized carbons (Fsp3) is 0.909. The lowest BCUT2D eigenvalue weighted by molar-refractivity contribution is -0.133. The zero-order valence-corrected chi connectivity index (χ0v) is 11.0. The Kier molecular flexibility index (Phi) is 3.17. The highest BCUT2D eigenvalue weighted by Crippen LogP contribution is 2.42. The quantitative estimate of drug-likeness (QED) is 0.674. The third-order valence-electron chi connectivity index (χ3n) is 2.98. The van der Waals surface area contributed by atoms with Crippen molar-refractivity contribution >= 4 is 14.3 Å². The Balaban J connectivity index is 5.28. The molecule has 0 N–H and O–H groups in total. The molecular formula is C11H24O2Si. The van der Waals surface area contributed by atoms with Gasteiger partial charge in [-0.1, -0.05) is 41.5 Å². The Morgan fingerprint density at radius 2 is 1.43 bits per heavy atom. The van der Waals surface area contributed by atoms with E-state index in [0.29, 0.717) is 0 Å². The molecule has 0 spiro atoms. The van der Waals surface area contributed by atoms with Crippen LogP contribution in [0.4, 0.5) is 0 Å². The minimum Gasteiger partial charge on any atom is -0.518 e. The van der Waals surface area contributed by atoms with E-state index in [4.69, 9.17) is 8.54 Å². The highest BCUT2D eigenvalue weighted by atomic mass is 28.4. The summed E-state index contributed by atoms with van der Waals surface area (Å²) in [7, 11) is -2.41. The molecule has 0 saturated carbocycles. The van der Waals surface area contributed by atoms with Crippen LogP contribution in [0.3, 0.4) is 0 Å². The van der Waals surface area contributed by atoms with E-state index in [2.05, 4.69) is 0 Å². The molecular weight excluding hydrogens is 192 g/mol. The maximum Gasteiger partial charge on any atom is 0.289 e. The summed E-state index contributed by atoms with van der Waals surface area (Å²) in [4.78, 5) is 11.6. The number of hydrogen-bond acceptors (Lipinski definition) is 2. The molecule has 0 radical (unpaired) electrons. The SMILES string of the molecule is [2H]C([2H])([2H])C(=O)O[Si](C(C)C)(C(C)C)C(C)C. The van der Waals surface area contributed by atoms with Gasteiger partial charge in [0.15, 0.2) is 0 Å². The molecule has 0 aliphatic carbocycles. The molecule has 0 atom stereocenters.